The number of aryl methyl sites for hydroxylation is 1. The summed E-state index contributed by atoms with van der Waals surface area (Å²) in [4.78, 5) is 17.8. The summed E-state index contributed by atoms with van der Waals surface area (Å²) in [6, 6.07) is 14.8. The predicted molar refractivity (Wildman–Crippen MR) is 125 cm³/mol. The lowest BCUT2D eigenvalue weighted by molar-refractivity contribution is 0.0205. The van der Waals surface area contributed by atoms with Crippen LogP contribution in [0.15, 0.2) is 42.5 Å². The van der Waals surface area contributed by atoms with E-state index in [0.29, 0.717) is 5.92 Å². The number of hydrogen-bond acceptors (Lipinski definition) is 3. The van der Waals surface area contributed by atoms with Gasteiger partial charge in [0.15, 0.2) is 0 Å². The second-order valence-corrected chi connectivity index (χ2v) is 9.37. The van der Waals surface area contributed by atoms with Gasteiger partial charge >= 0.3 is 6.09 Å². The van der Waals surface area contributed by atoms with Gasteiger partial charge in [0.25, 0.3) is 0 Å². The van der Waals surface area contributed by atoms with Crippen LogP contribution in [0, 0.1) is 6.92 Å². The molecule has 5 nitrogen and oxygen atoms in total. The highest BCUT2D eigenvalue weighted by molar-refractivity contribution is 5.92. The van der Waals surface area contributed by atoms with E-state index in [1.54, 1.807) is 7.11 Å². The molecule has 5 heteroatoms. The van der Waals surface area contributed by atoms with Crippen LogP contribution in [0.2, 0.25) is 0 Å². The lowest BCUT2D eigenvalue weighted by Gasteiger charge is -2.33. The number of nitrogens with one attached hydrogen (secondary N) is 1. The van der Waals surface area contributed by atoms with Crippen molar-refractivity contribution in [2.24, 2.45) is 0 Å². The molecule has 0 bridgehead atoms. The van der Waals surface area contributed by atoms with E-state index >= 15 is 0 Å². The highest BCUT2D eigenvalue weighted by Gasteiger charge is 2.27. The topological polar surface area (TPSA) is 54.6 Å². The fourth-order valence-corrected chi connectivity index (χ4v) is 4.44. The minimum absolute atomic E-state index is 0.204. The number of amides is 1. The van der Waals surface area contributed by atoms with Gasteiger partial charge in [-0.3, -0.25) is 0 Å². The Balaban J connectivity index is 1.54. The molecule has 2 heterocycles. The maximum Gasteiger partial charge on any atom is 0.410 e. The maximum absolute atomic E-state index is 12.4. The van der Waals surface area contributed by atoms with Crippen molar-refractivity contribution in [3.63, 3.8) is 0 Å². The maximum atomic E-state index is 12.4. The van der Waals surface area contributed by atoms with Crippen LogP contribution in [0.1, 0.15) is 50.7 Å². The van der Waals surface area contributed by atoms with E-state index < -0.39 is 5.60 Å². The number of aromatic nitrogens is 1. The largest absolute Gasteiger partial charge is 0.496 e. The first-order valence-corrected chi connectivity index (χ1v) is 11.0. The summed E-state index contributed by atoms with van der Waals surface area (Å²) < 4.78 is 11.1. The second-order valence-electron chi connectivity index (χ2n) is 9.37. The number of nitrogens with zero attached hydrogens (tertiary/aromatic N) is 1. The number of piperidine rings is 1. The van der Waals surface area contributed by atoms with Gasteiger partial charge in [0.2, 0.25) is 0 Å². The average Bonchev–Trinajstić information content (AvgIpc) is 3.08. The Morgan fingerprint density at radius 2 is 1.81 bits per heavy atom. The first kappa shape index (κ1) is 21.3. The predicted octanol–water partition coefficient (Wildman–Crippen LogP) is 6.27. The number of aromatic amines is 1. The van der Waals surface area contributed by atoms with Crippen molar-refractivity contribution in [1.29, 1.82) is 0 Å². The smallest absolute Gasteiger partial charge is 0.410 e. The van der Waals surface area contributed by atoms with Crippen LogP contribution in [-0.4, -0.2) is 41.8 Å². The van der Waals surface area contributed by atoms with E-state index in [4.69, 9.17) is 9.47 Å². The number of H-pyrrole nitrogens is 1. The van der Waals surface area contributed by atoms with E-state index in [0.717, 1.165) is 48.5 Å². The van der Waals surface area contributed by atoms with Crippen molar-refractivity contribution in [2.45, 2.75) is 52.1 Å². The lowest BCUT2D eigenvalue weighted by atomic mass is 9.88. The molecule has 164 valence electrons. The molecule has 1 aliphatic heterocycles. The standard InChI is InChI=1S/C26H32N2O3/c1-17-21-16-19(18-12-14-28(15-13-18)25(29)31-26(2,3)4)10-11-22(21)27-24(17)20-8-6-7-9-23(20)30-5/h6-11,16,18,27H,12-15H2,1-5H3. The number of rotatable bonds is 3. The van der Waals surface area contributed by atoms with Gasteiger partial charge < -0.3 is 19.4 Å². The zero-order valence-electron chi connectivity index (χ0n) is 19.1. The second kappa shape index (κ2) is 8.29. The first-order valence-electron chi connectivity index (χ1n) is 11.0. The molecule has 1 N–H and O–H groups in total. The summed E-state index contributed by atoms with van der Waals surface area (Å²) in [6.07, 6.45) is 1.70. The number of ether oxygens (including phenoxy) is 2. The minimum atomic E-state index is -0.454. The average molecular weight is 421 g/mol. The molecule has 2 aromatic carbocycles. The molecule has 1 aromatic heterocycles. The summed E-state index contributed by atoms with van der Waals surface area (Å²) in [5, 5.41) is 1.24. The van der Waals surface area contributed by atoms with Crippen LogP contribution in [0.4, 0.5) is 4.79 Å². The number of fused-ring (bicyclic) bond motifs is 1. The number of likely N-dealkylation sites (tertiary alicyclic amines) is 1. The van der Waals surface area contributed by atoms with Gasteiger partial charge in [0.05, 0.1) is 12.8 Å². The summed E-state index contributed by atoms with van der Waals surface area (Å²) in [6.45, 7) is 9.35. The number of methoxy groups -OCH3 is 1. The monoisotopic (exact) mass is 420 g/mol. The number of carbonyl (C=O) groups is 1. The fourth-order valence-electron chi connectivity index (χ4n) is 4.44. The van der Waals surface area contributed by atoms with Gasteiger partial charge in [0, 0.05) is 29.6 Å². The highest BCUT2D eigenvalue weighted by atomic mass is 16.6. The molecule has 1 aliphatic rings. The van der Waals surface area contributed by atoms with Crippen LogP contribution in [0.5, 0.6) is 5.75 Å². The first-order chi connectivity index (χ1) is 14.8. The van der Waals surface area contributed by atoms with E-state index in [1.807, 2.05) is 43.9 Å². The summed E-state index contributed by atoms with van der Waals surface area (Å²) >= 11 is 0. The molecule has 0 unspecified atom stereocenters. The van der Waals surface area contributed by atoms with Crippen LogP contribution in [-0.2, 0) is 4.74 Å². The van der Waals surface area contributed by atoms with Crippen molar-refractivity contribution < 1.29 is 14.3 Å². The van der Waals surface area contributed by atoms with Crippen LogP contribution in [0.25, 0.3) is 22.2 Å². The summed E-state index contributed by atoms with van der Waals surface area (Å²) in [5.41, 5.74) is 5.42. The van der Waals surface area contributed by atoms with Gasteiger partial charge in [-0.1, -0.05) is 18.2 Å². The molecular weight excluding hydrogens is 388 g/mol. The van der Waals surface area contributed by atoms with Crippen LogP contribution >= 0.6 is 0 Å². The van der Waals surface area contributed by atoms with Crippen molar-refractivity contribution in [2.75, 3.05) is 20.2 Å². The molecule has 31 heavy (non-hydrogen) atoms. The Kier molecular flexibility index (Phi) is 5.69. The molecule has 1 fully saturated rings. The van der Waals surface area contributed by atoms with Crippen molar-refractivity contribution in [3.05, 3.63) is 53.6 Å². The van der Waals surface area contributed by atoms with E-state index in [-0.39, 0.29) is 6.09 Å². The highest BCUT2D eigenvalue weighted by Crippen LogP contribution is 2.37. The molecule has 1 saturated heterocycles. The number of hydrogen-bond donors (Lipinski definition) is 1. The molecule has 0 saturated carbocycles. The Hall–Kier alpha value is -2.95. The fraction of sp³-hybridized carbons (Fsp3) is 0.423. The Labute approximate surface area is 184 Å². The lowest BCUT2D eigenvalue weighted by Crippen LogP contribution is -2.41. The molecule has 0 atom stereocenters. The van der Waals surface area contributed by atoms with E-state index in [1.165, 1.54) is 16.5 Å². The minimum Gasteiger partial charge on any atom is -0.496 e. The Morgan fingerprint density at radius 3 is 2.48 bits per heavy atom. The van der Waals surface area contributed by atoms with E-state index in [9.17, 15) is 4.79 Å². The molecule has 0 radical (unpaired) electrons. The third-order valence-corrected chi connectivity index (χ3v) is 6.08. The third kappa shape index (κ3) is 4.41. The molecule has 4 rings (SSSR count). The van der Waals surface area contributed by atoms with Gasteiger partial charge in [-0.25, -0.2) is 4.79 Å². The zero-order valence-corrected chi connectivity index (χ0v) is 19.1. The normalized spacial score (nSPS) is 15.3. The Morgan fingerprint density at radius 1 is 1.10 bits per heavy atom. The van der Waals surface area contributed by atoms with E-state index in [2.05, 4.69) is 36.2 Å². The van der Waals surface area contributed by atoms with Gasteiger partial charge in [-0.05, 0) is 81.8 Å². The van der Waals surface area contributed by atoms with Crippen LogP contribution in [0.3, 0.4) is 0 Å². The van der Waals surface area contributed by atoms with Crippen molar-refractivity contribution >= 4 is 17.0 Å². The van der Waals surface area contributed by atoms with Crippen molar-refractivity contribution in [1.82, 2.24) is 9.88 Å². The third-order valence-electron chi connectivity index (χ3n) is 6.08. The van der Waals surface area contributed by atoms with Crippen LogP contribution < -0.4 is 4.74 Å². The molecule has 0 aliphatic carbocycles. The molecule has 3 aromatic rings. The number of carbonyl (C=O) groups excluding carboxylic acids is 1. The molecular formula is C26H32N2O3. The van der Waals surface area contributed by atoms with Gasteiger partial charge in [0.1, 0.15) is 11.4 Å². The van der Waals surface area contributed by atoms with Crippen molar-refractivity contribution in [3.8, 4) is 17.0 Å². The molecule has 1 amide bonds. The quantitative estimate of drug-likeness (QED) is 0.543. The summed E-state index contributed by atoms with van der Waals surface area (Å²) in [7, 11) is 1.71. The number of benzene rings is 2. The SMILES string of the molecule is COc1ccccc1-c1[nH]c2ccc(C3CCN(C(=O)OC(C)(C)C)CC3)cc2c1C. The van der Waals surface area contributed by atoms with Gasteiger partial charge in [-0.15, -0.1) is 0 Å². The molecule has 0 spiro atoms. The Bertz CT molecular complexity index is 1090. The zero-order chi connectivity index (χ0) is 22.2. The van der Waals surface area contributed by atoms with Gasteiger partial charge in [-0.2, -0.15) is 0 Å². The number of para-hydroxylation sites is 1. The summed E-state index contributed by atoms with van der Waals surface area (Å²) in [5.74, 6) is 1.32.